The van der Waals surface area contributed by atoms with E-state index in [0.717, 1.165) is 0 Å². The van der Waals surface area contributed by atoms with E-state index in [9.17, 15) is 0 Å². The Balaban J connectivity index is 0.000000360. The minimum absolute atomic E-state index is 0. The maximum atomic E-state index is 3.67. The SMILES string of the molecule is [AsH3].c1cncnc1. The standard InChI is InChI=1S/C4H4N2.AsH3/c1-2-5-4-6-3-1;/h1-4H;1H3. The van der Waals surface area contributed by atoms with Gasteiger partial charge in [-0.05, 0) is 6.07 Å². The minimum atomic E-state index is 0. The first kappa shape index (κ1) is 6.64. The van der Waals surface area contributed by atoms with Gasteiger partial charge in [-0.15, -0.1) is 0 Å². The van der Waals surface area contributed by atoms with Gasteiger partial charge in [0.1, 0.15) is 6.33 Å². The molecule has 2 nitrogen and oxygen atoms in total. The zero-order chi connectivity index (χ0) is 4.24. The Labute approximate surface area is 53.3 Å². The molecule has 0 fully saturated rings. The zero-order valence-corrected chi connectivity index (χ0v) is 6.88. The first-order valence-electron chi connectivity index (χ1n) is 1.70. The molecule has 0 radical (unpaired) electrons. The fourth-order valence-corrected chi connectivity index (χ4v) is 0.253. The molecule has 0 aliphatic rings. The van der Waals surface area contributed by atoms with Gasteiger partial charge in [-0.1, -0.05) is 0 Å². The molecule has 0 aromatic carbocycles. The molecule has 1 atom stereocenters. The van der Waals surface area contributed by atoms with Crippen LogP contribution in [0.2, 0.25) is 0 Å². The Bertz CT molecular complexity index is 81.6. The van der Waals surface area contributed by atoms with E-state index < -0.39 is 0 Å². The van der Waals surface area contributed by atoms with E-state index in [2.05, 4.69) is 9.97 Å². The Hall–Kier alpha value is -0.362. The van der Waals surface area contributed by atoms with Crippen LogP contribution >= 0.6 is 0 Å². The maximum absolute atomic E-state index is 3.67. The van der Waals surface area contributed by atoms with Crippen molar-refractivity contribution in [3.63, 3.8) is 0 Å². The van der Waals surface area contributed by atoms with Crippen molar-refractivity contribution in [2.75, 3.05) is 0 Å². The van der Waals surface area contributed by atoms with E-state index in [1.54, 1.807) is 18.5 Å². The molecule has 1 aromatic rings. The predicted octanol–water partition coefficient (Wildman–Crippen LogP) is -0.707. The molecule has 1 unspecified atom stereocenters. The van der Waals surface area contributed by atoms with Gasteiger partial charge >= 0.3 is 18.0 Å². The predicted molar refractivity (Wildman–Crippen MR) is 32.0 cm³/mol. The van der Waals surface area contributed by atoms with Crippen LogP contribution in [0.5, 0.6) is 0 Å². The third-order valence-electron chi connectivity index (χ3n) is 0.478. The van der Waals surface area contributed by atoms with Crippen LogP contribution in [-0.2, 0) is 0 Å². The van der Waals surface area contributed by atoms with Gasteiger partial charge in [0.05, 0.1) is 0 Å². The number of aromatic nitrogens is 2. The fraction of sp³-hybridized carbons (Fsp3) is 0. The van der Waals surface area contributed by atoms with Gasteiger partial charge in [0, 0.05) is 12.4 Å². The van der Waals surface area contributed by atoms with Crippen molar-refractivity contribution < 1.29 is 0 Å². The summed E-state index contributed by atoms with van der Waals surface area (Å²) in [5, 5.41) is 0. The number of rotatable bonds is 0. The monoisotopic (exact) mass is 158 g/mol. The van der Waals surface area contributed by atoms with Crippen LogP contribution in [0.1, 0.15) is 0 Å². The number of hydrogen-bond donors (Lipinski definition) is 0. The molecular weight excluding hydrogens is 151 g/mol. The summed E-state index contributed by atoms with van der Waals surface area (Å²) in [5.41, 5.74) is 0. The Morgan fingerprint density at radius 3 is 1.71 bits per heavy atom. The van der Waals surface area contributed by atoms with Gasteiger partial charge in [0.25, 0.3) is 0 Å². The largest absolute Gasteiger partial charge is 0.245 e. The summed E-state index contributed by atoms with van der Waals surface area (Å²) in [6, 6.07) is 1.78. The molecule has 0 aliphatic heterocycles. The molecule has 38 valence electrons. The van der Waals surface area contributed by atoms with Crippen molar-refractivity contribution >= 4 is 18.0 Å². The molecule has 0 bridgehead atoms. The van der Waals surface area contributed by atoms with Crippen molar-refractivity contribution in [3.05, 3.63) is 24.8 Å². The normalized spacial score (nSPS) is 6.86. The van der Waals surface area contributed by atoms with Crippen LogP contribution in [-0.4, -0.2) is 27.9 Å². The van der Waals surface area contributed by atoms with Crippen LogP contribution < -0.4 is 0 Å². The topological polar surface area (TPSA) is 25.8 Å². The third kappa shape index (κ3) is 2.35. The molecule has 7 heavy (non-hydrogen) atoms. The molecule has 0 aliphatic carbocycles. The van der Waals surface area contributed by atoms with Crippen molar-refractivity contribution in [2.45, 2.75) is 0 Å². The van der Waals surface area contributed by atoms with E-state index >= 15 is 0 Å². The summed E-state index contributed by atoms with van der Waals surface area (Å²) < 4.78 is 0. The summed E-state index contributed by atoms with van der Waals surface area (Å²) >= 11 is 0. The summed E-state index contributed by atoms with van der Waals surface area (Å²) in [6.45, 7) is 0. The van der Waals surface area contributed by atoms with E-state index in [-0.39, 0.29) is 18.0 Å². The van der Waals surface area contributed by atoms with Crippen LogP contribution in [0.3, 0.4) is 0 Å². The molecule has 1 heterocycles. The Kier molecular flexibility index (Phi) is 3.62. The third-order valence-corrected chi connectivity index (χ3v) is 0.478. The molecule has 0 amide bonds. The minimum Gasteiger partial charge on any atom is -0.245 e. The molecule has 0 spiro atoms. The second kappa shape index (κ2) is 3.82. The Morgan fingerprint density at radius 2 is 1.57 bits per heavy atom. The van der Waals surface area contributed by atoms with Crippen LogP contribution in [0.25, 0.3) is 0 Å². The van der Waals surface area contributed by atoms with Crippen molar-refractivity contribution in [2.24, 2.45) is 0 Å². The number of hydrogen-bond acceptors (Lipinski definition) is 2. The van der Waals surface area contributed by atoms with Gasteiger partial charge in [-0.3, -0.25) is 0 Å². The van der Waals surface area contributed by atoms with Crippen molar-refractivity contribution in [1.82, 2.24) is 9.97 Å². The summed E-state index contributed by atoms with van der Waals surface area (Å²) in [6.07, 6.45) is 4.88. The van der Waals surface area contributed by atoms with E-state index in [0.29, 0.717) is 0 Å². The van der Waals surface area contributed by atoms with E-state index in [1.165, 1.54) is 6.33 Å². The van der Waals surface area contributed by atoms with E-state index in [4.69, 9.17) is 0 Å². The van der Waals surface area contributed by atoms with Gasteiger partial charge in [-0.2, -0.15) is 0 Å². The zero-order valence-electron chi connectivity index (χ0n) is 3.91. The molecule has 1 rings (SSSR count). The molecule has 0 saturated carbocycles. The summed E-state index contributed by atoms with van der Waals surface area (Å²) in [5.74, 6) is 0. The van der Waals surface area contributed by atoms with Gasteiger partial charge in [-0.25, -0.2) is 9.97 Å². The summed E-state index contributed by atoms with van der Waals surface area (Å²) in [7, 11) is 0. The molecule has 3 heteroatoms. The second-order valence-corrected chi connectivity index (χ2v) is 0.904. The maximum Gasteiger partial charge on any atom is 0.115 e. The quantitative estimate of drug-likeness (QED) is 0.466. The fourth-order valence-electron chi connectivity index (χ4n) is 0.253. The first-order valence-corrected chi connectivity index (χ1v) is 1.70. The average molecular weight is 158 g/mol. The van der Waals surface area contributed by atoms with Crippen LogP contribution in [0.15, 0.2) is 24.8 Å². The second-order valence-electron chi connectivity index (χ2n) is 0.904. The Morgan fingerprint density at radius 1 is 1.00 bits per heavy atom. The van der Waals surface area contributed by atoms with E-state index in [1.807, 2.05) is 0 Å². The molecule has 1 aromatic heterocycles. The van der Waals surface area contributed by atoms with Gasteiger partial charge in [0.15, 0.2) is 0 Å². The molecule has 0 N–H and O–H groups in total. The molecular formula is C4H7AsN2. The molecule has 0 saturated heterocycles. The van der Waals surface area contributed by atoms with Crippen LogP contribution in [0.4, 0.5) is 0 Å². The van der Waals surface area contributed by atoms with Gasteiger partial charge < -0.3 is 0 Å². The smallest absolute Gasteiger partial charge is 0.115 e. The first-order chi connectivity index (χ1) is 3.00. The van der Waals surface area contributed by atoms with Crippen molar-refractivity contribution in [3.8, 4) is 0 Å². The van der Waals surface area contributed by atoms with Gasteiger partial charge in [0.2, 0.25) is 0 Å². The summed E-state index contributed by atoms with van der Waals surface area (Å²) in [4.78, 5) is 7.35. The average Bonchev–Trinajstić information content (AvgIpc) is 1.72. The number of nitrogens with zero attached hydrogens (tertiary/aromatic N) is 2. The van der Waals surface area contributed by atoms with Crippen molar-refractivity contribution in [1.29, 1.82) is 0 Å². The van der Waals surface area contributed by atoms with Crippen LogP contribution in [0, 0.1) is 0 Å².